The van der Waals surface area contributed by atoms with Gasteiger partial charge in [0.25, 0.3) is 5.91 Å². The first-order chi connectivity index (χ1) is 13.5. The predicted molar refractivity (Wildman–Crippen MR) is 123 cm³/mol. The highest BCUT2D eigenvalue weighted by Gasteiger charge is 2.21. The van der Waals surface area contributed by atoms with Crippen LogP contribution in [0.1, 0.15) is 15.9 Å². The minimum absolute atomic E-state index is 0. The van der Waals surface area contributed by atoms with Gasteiger partial charge in [-0.3, -0.25) is 9.59 Å². The molecule has 3 rings (SSSR count). The first kappa shape index (κ1) is 22.5. The summed E-state index contributed by atoms with van der Waals surface area (Å²) in [6, 6.07) is 14.5. The van der Waals surface area contributed by atoms with Gasteiger partial charge in [-0.05, 0) is 42.0 Å². The lowest BCUT2D eigenvalue weighted by molar-refractivity contribution is -0.123. The minimum atomic E-state index is -0.148. The zero-order chi connectivity index (χ0) is 19.9. The Morgan fingerprint density at radius 3 is 2.52 bits per heavy atom. The Hall–Kier alpha value is -2.82. The number of carbonyl (C=O) groups is 2. The molecule has 0 radical (unpaired) electrons. The monoisotopic (exact) mass is 509 g/mol. The Balaban J connectivity index is 0.00000300. The van der Waals surface area contributed by atoms with Crippen molar-refractivity contribution in [2.75, 3.05) is 32.1 Å². The molecule has 8 nitrogen and oxygen atoms in total. The van der Waals surface area contributed by atoms with Gasteiger partial charge in [-0.1, -0.05) is 12.1 Å². The molecule has 1 heterocycles. The minimum Gasteiger partial charge on any atom is -0.497 e. The Labute approximate surface area is 186 Å². The van der Waals surface area contributed by atoms with Crippen molar-refractivity contribution in [3.05, 3.63) is 59.7 Å². The van der Waals surface area contributed by atoms with Gasteiger partial charge in [0.1, 0.15) is 5.75 Å². The van der Waals surface area contributed by atoms with Crippen LogP contribution < -0.4 is 21.1 Å². The fourth-order valence-corrected chi connectivity index (χ4v) is 2.79. The molecule has 0 aromatic heterocycles. The maximum Gasteiger partial charge on any atom is 0.254 e. The zero-order valence-electron chi connectivity index (χ0n) is 16.1. The predicted octanol–water partition coefficient (Wildman–Crippen LogP) is 1.81. The second-order valence-corrected chi connectivity index (χ2v) is 6.33. The van der Waals surface area contributed by atoms with E-state index < -0.39 is 0 Å². The number of amides is 2. The maximum absolute atomic E-state index is 12.5. The lowest BCUT2D eigenvalue weighted by atomic mass is 10.1. The number of guanidine groups is 1. The normalized spacial score (nSPS) is 13.9. The van der Waals surface area contributed by atoms with Gasteiger partial charge < -0.3 is 26.0 Å². The van der Waals surface area contributed by atoms with Gasteiger partial charge in [0.15, 0.2) is 5.96 Å². The third kappa shape index (κ3) is 6.34. The molecule has 1 saturated heterocycles. The van der Waals surface area contributed by atoms with Gasteiger partial charge >= 0.3 is 0 Å². The van der Waals surface area contributed by atoms with Gasteiger partial charge in [0, 0.05) is 24.3 Å². The van der Waals surface area contributed by atoms with Crippen molar-refractivity contribution < 1.29 is 14.3 Å². The highest BCUT2D eigenvalue weighted by atomic mass is 127. The van der Waals surface area contributed by atoms with Crippen LogP contribution in [-0.4, -0.2) is 49.4 Å². The lowest BCUT2D eigenvalue weighted by Crippen LogP contribution is -2.49. The molecule has 29 heavy (non-hydrogen) atoms. The molecule has 4 N–H and O–H groups in total. The molecule has 0 spiro atoms. The van der Waals surface area contributed by atoms with Crippen LogP contribution in [0.2, 0.25) is 0 Å². The number of carbonyl (C=O) groups excluding carboxylic acids is 2. The Kier molecular flexibility index (Phi) is 8.25. The van der Waals surface area contributed by atoms with E-state index in [2.05, 4.69) is 15.6 Å². The van der Waals surface area contributed by atoms with E-state index in [0.29, 0.717) is 31.2 Å². The number of anilines is 1. The molecular formula is C20H24IN5O3. The smallest absolute Gasteiger partial charge is 0.254 e. The molecule has 2 aromatic carbocycles. The van der Waals surface area contributed by atoms with Crippen LogP contribution in [0.15, 0.2) is 53.5 Å². The number of nitrogens with two attached hydrogens (primary N) is 1. The number of ether oxygens (including phenoxy) is 1. The summed E-state index contributed by atoms with van der Waals surface area (Å²) in [6.45, 7) is 1.48. The number of benzene rings is 2. The standard InChI is InChI=1S/C20H23N5O3.HI/c1-28-17-8-6-16(7-9-17)24-20(21)23-12-14-2-4-15(5-3-14)19(27)25-11-10-22-18(26)13-25;/h2-9H,10-13H2,1H3,(H,22,26)(H3,21,23,24);1H. The summed E-state index contributed by atoms with van der Waals surface area (Å²) in [6.07, 6.45) is 0. The van der Waals surface area contributed by atoms with E-state index >= 15 is 0 Å². The summed E-state index contributed by atoms with van der Waals surface area (Å²) < 4.78 is 5.11. The van der Waals surface area contributed by atoms with Crippen LogP contribution in [0.25, 0.3) is 0 Å². The summed E-state index contributed by atoms with van der Waals surface area (Å²) in [7, 11) is 1.61. The largest absolute Gasteiger partial charge is 0.497 e. The Morgan fingerprint density at radius 1 is 1.21 bits per heavy atom. The molecule has 1 fully saturated rings. The summed E-state index contributed by atoms with van der Waals surface area (Å²) in [5.74, 6) is 0.779. The average molecular weight is 509 g/mol. The highest BCUT2D eigenvalue weighted by Crippen LogP contribution is 2.15. The molecule has 1 aliphatic rings. The molecule has 0 bridgehead atoms. The van der Waals surface area contributed by atoms with Crippen LogP contribution >= 0.6 is 24.0 Å². The number of nitrogens with zero attached hydrogens (tertiary/aromatic N) is 2. The van der Waals surface area contributed by atoms with E-state index in [9.17, 15) is 9.59 Å². The Bertz CT molecular complexity index is 869. The van der Waals surface area contributed by atoms with Crippen molar-refractivity contribution in [3.63, 3.8) is 0 Å². The van der Waals surface area contributed by atoms with Gasteiger partial charge in [-0.2, -0.15) is 0 Å². The third-order valence-electron chi connectivity index (χ3n) is 4.32. The molecule has 0 saturated carbocycles. The number of hydrogen-bond donors (Lipinski definition) is 3. The SMILES string of the molecule is COc1ccc(NC(N)=NCc2ccc(C(=O)N3CCNC(=O)C3)cc2)cc1.I. The molecule has 0 atom stereocenters. The van der Waals surface area contributed by atoms with Gasteiger partial charge in [-0.25, -0.2) is 4.99 Å². The number of aliphatic imine (C=N–C) groups is 1. The zero-order valence-corrected chi connectivity index (χ0v) is 18.4. The summed E-state index contributed by atoms with van der Waals surface area (Å²) in [5, 5.41) is 5.72. The highest BCUT2D eigenvalue weighted by molar-refractivity contribution is 14.0. The Morgan fingerprint density at radius 2 is 1.90 bits per heavy atom. The number of halogens is 1. The van der Waals surface area contributed by atoms with Gasteiger partial charge in [-0.15, -0.1) is 24.0 Å². The topological polar surface area (TPSA) is 109 Å². The molecule has 2 amide bonds. The van der Waals surface area contributed by atoms with Crippen molar-refractivity contribution in [3.8, 4) is 5.75 Å². The molecular weight excluding hydrogens is 485 g/mol. The van der Waals surface area contributed by atoms with Gasteiger partial charge in [0.2, 0.25) is 5.91 Å². The van der Waals surface area contributed by atoms with E-state index in [0.717, 1.165) is 17.0 Å². The molecule has 0 unspecified atom stereocenters. The maximum atomic E-state index is 12.5. The van der Waals surface area contributed by atoms with Crippen LogP contribution in [0, 0.1) is 0 Å². The van der Waals surface area contributed by atoms with E-state index in [-0.39, 0.29) is 42.3 Å². The average Bonchev–Trinajstić information content (AvgIpc) is 2.72. The lowest BCUT2D eigenvalue weighted by Gasteiger charge is -2.26. The number of methoxy groups -OCH3 is 1. The van der Waals surface area contributed by atoms with E-state index in [1.807, 2.05) is 36.4 Å². The molecule has 154 valence electrons. The first-order valence-electron chi connectivity index (χ1n) is 8.91. The summed E-state index contributed by atoms with van der Waals surface area (Å²) in [5.41, 5.74) is 8.21. The number of rotatable bonds is 5. The van der Waals surface area contributed by atoms with Crippen molar-refractivity contribution in [1.82, 2.24) is 10.2 Å². The third-order valence-corrected chi connectivity index (χ3v) is 4.32. The van der Waals surface area contributed by atoms with Crippen LogP contribution in [0.4, 0.5) is 5.69 Å². The van der Waals surface area contributed by atoms with E-state index in [4.69, 9.17) is 10.5 Å². The van der Waals surface area contributed by atoms with E-state index in [1.165, 1.54) is 0 Å². The van der Waals surface area contributed by atoms with Crippen molar-refractivity contribution in [2.45, 2.75) is 6.54 Å². The fraction of sp³-hybridized carbons (Fsp3) is 0.250. The van der Waals surface area contributed by atoms with Crippen LogP contribution in [0.3, 0.4) is 0 Å². The first-order valence-corrected chi connectivity index (χ1v) is 8.91. The second-order valence-electron chi connectivity index (χ2n) is 6.33. The van der Waals surface area contributed by atoms with Crippen LogP contribution in [0.5, 0.6) is 5.75 Å². The fourth-order valence-electron chi connectivity index (χ4n) is 2.79. The van der Waals surface area contributed by atoms with Crippen molar-refractivity contribution in [1.29, 1.82) is 0 Å². The van der Waals surface area contributed by atoms with E-state index in [1.54, 1.807) is 24.1 Å². The number of nitrogens with one attached hydrogen (secondary N) is 2. The molecule has 1 aliphatic heterocycles. The molecule has 9 heteroatoms. The summed E-state index contributed by atoms with van der Waals surface area (Å²) in [4.78, 5) is 29.7. The number of piperazine rings is 1. The number of hydrogen-bond acceptors (Lipinski definition) is 4. The molecule has 0 aliphatic carbocycles. The summed E-state index contributed by atoms with van der Waals surface area (Å²) >= 11 is 0. The van der Waals surface area contributed by atoms with Gasteiger partial charge in [0.05, 0.1) is 20.2 Å². The second kappa shape index (κ2) is 10.6. The van der Waals surface area contributed by atoms with Crippen LogP contribution in [-0.2, 0) is 11.3 Å². The molecule has 2 aromatic rings. The quantitative estimate of drug-likeness (QED) is 0.324. The van der Waals surface area contributed by atoms with Crippen molar-refractivity contribution in [2.24, 2.45) is 10.7 Å². The van der Waals surface area contributed by atoms with Crippen molar-refractivity contribution >= 4 is 47.4 Å².